The molecule has 12 heavy (non-hydrogen) atoms. The molecule has 0 spiro atoms. The van der Waals surface area contributed by atoms with Gasteiger partial charge < -0.3 is 5.32 Å². The number of hydrogen-bond donors (Lipinski definition) is 1. The molecule has 0 aromatic rings. The van der Waals surface area contributed by atoms with Gasteiger partial charge in [0.2, 0.25) is 0 Å². The summed E-state index contributed by atoms with van der Waals surface area (Å²) in [5, 5.41) is 3.37. The molecule has 0 bridgehead atoms. The molecule has 1 aliphatic rings. The van der Waals surface area contributed by atoms with Crippen LogP contribution in [-0.4, -0.2) is 36.1 Å². The van der Waals surface area contributed by atoms with Crippen molar-refractivity contribution in [3.8, 4) is 0 Å². The Kier molecular flexibility index (Phi) is 2.79. The summed E-state index contributed by atoms with van der Waals surface area (Å²) in [7, 11) is 2.06. The largest absolute Gasteiger partial charge is 0.315 e. The standard InChI is InChI=1S/C10H22N2/c1-8-9(11-5)6-7-12(8)10(2,3)4/h8-9,11H,6-7H2,1-5H3/t8-,9?/m0/s1. The van der Waals surface area contributed by atoms with Crippen molar-refractivity contribution in [2.75, 3.05) is 13.6 Å². The van der Waals surface area contributed by atoms with Crippen molar-refractivity contribution in [3.05, 3.63) is 0 Å². The summed E-state index contributed by atoms with van der Waals surface area (Å²) in [6, 6.07) is 1.36. The summed E-state index contributed by atoms with van der Waals surface area (Å²) in [6.07, 6.45) is 1.29. The minimum absolute atomic E-state index is 0.324. The number of nitrogens with one attached hydrogen (secondary N) is 1. The third kappa shape index (κ3) is 1.80. The van der Waals surface area contributed by atoms with Crippen LogP contribution in [0.15, 0.2) is 0 Å². The molecule has 1 saturated heterocycles. The third-order valence-corrected chi connectivity index (χ3v) is 2.99. The van der Waals surface area contributed by atoms with E-state index < -0.39 is 0 Å². The van der Waals surface area contributed by atoms with Crippen LogP contribution in [0.5, 0.6) is 0 Å². The Morgan fingerprint density at radius 1 is 1.33 bits per heavy atom. The lowest BCUT2D eigenvalue weighted by Gasteiger charge is -2.36. The normalized spacial score (nSPS) is 32.8. The van der Waals surface area contributed by atoms with Gasteiger partial charge in [0.25, 0.3) is 0 Å². The van der Waals surface area contributed by atoms with E-state index in [4.69, 9.17) is 0 Å². The zero-order chi connectivity index (χ0) is 9.35. The quantitative estimate of drug-likeness (QED) is 0.641. The molecule has 1 aliphatic heterocycles. The Morgan fingerprint density at radius 3 is 2.17 bits per heavy atom. The molecule has 0 aromatic heterocycles. The Morgan fingerprint density at radius 2 is 1.92 bits per heavy atom. The fourth-order valence-corrected chi connectivity index (χ4v) is 2.27. The number of likely N-dealkylation sites (N-methyl/N-ethyl adjacent to an activating group) is 1. The van der Waals surface area contributed by atoms with Crippen LogP contribution < -0.4 is 5.32 Å². The smallest absolute Gasteiger partial charge is 0.0230 e. The van der Waals surface area contributed by atoms with Gasteiger partial charge in [0, 0.05) is 24.2 Å². The van der Waals surface area contributed by atoms with Crippen molar-refractivity contribution in [1.82, 2.24) is 10.2 Å². The van der Waals surface area contributed by atoms with Gasteiger partial charge in [-0.05, 0) is 41.2 Å². The number of likely N-dealkylation sites (tertiary alicyclic amines) is 1. The van der Waals surface area contributed by atoms with Crippen LogP contribution in [0.2, 0.25) is 0 Å². The van der Waals surface area contributed by atoms with Crippen LogP contribution in [0.1, 0.15) is 34.1 Å². The van der Waals surface area contributed by atoms with Crippen LogP contribution in [0, 0.1) is 0 Å². The van der Waals surface area contributed by atoms with Crippen molar-refractivity contribution in [2.24, 2.45) is 0 Å². The minimum Gasteiger partial charge on any atom is -0.315 e. The van der Waals surface area contributed by atoms with Crippen LogP contribution in [0.25, 0.3) is 0 Å². The Labute approximate surface area is 76.3 Å². The summed E-state index contributed by atoms with van der Waals surface area (Å²) >= 11 is 0. The monoisotopic (exact) mass is 170 g/mol. The second-order valence-corrected chi connectivity index (χ2v) is 4.79. The molecule has 1 fully saturated rings. The summed E-state index contributed by atoms with van der Waals surface area (Å²) in [6.45, 7) is 10.4. The molecule has 1 heterocycles. The van der Waals surface area contributed by atoms with Gasteiger partial charge in [0.1, 0.15) is 0 Å². The number of hydrogen-bond acceptors (Lipinski definition) is 2. The number of nitrogens with zero attached hydrogens (tertiary/aromatic N) is 1. The highest BCUT2D eigenvalue weighted by atomic mass is 15.3. The van der Waals surface area contributed by atoms with Gasteiger partial charge in [-0.3, -0.25) is 4.90 Å². The Bertz CT molecular complexity index is 148. The zero-order valence-corrected chi connectivity index (χ0v) is 9.02. The maximum absolute atomic E-state index is 3.37. The van der Waals surface area contributed by atoms with Crippen LogP contribution in [0.3, 0.4) is 0 Å². The van der Waals surface area contributed by atoms with Crippen molar-refractivity contribution < 1.29 is 0 Å². The third-order valence-electron chi connectivity index (χ3n) is 2.99. The van der Waals surface area contributed by atoms with Crippen LogP contribution >= 0.6 is 0 Å². The Hall–Kier alpha value is -0.0800. The SMILES string of the molecule is CNC1CCN(C(C)(C)C)[C@H]1C. The second kappa shape index (κ2) is 3.35. The molecule has 0 aliphatic carbocycles. The molecule has 1 N–H and O–H groups in total. The van der Waals surface area contributed by atoms with E-state index in [0.29, 0.717) is 17.6 Å². The van der Waals surface area contributed by atoms with Gasteiger partial charge >= 0.3 is 0 Å². The Balaban J connectivity index is 2.61. The maximum atomic E-state index is 3.37. The van der Waals surface area contributed by atoms with Crippen molar-refractivity contribution in [3.63, 3.8) is 0 Å². The lowest BCUT2D eigenvalue weighted by atomic mass is 10.0. The predicted octanol–water partition coefficient (Wildman–Crippen LogP) is 1.47. The van der Waals surface area contributed by atoms with E-state index in [2.05, 4.69) is 45.0 Å². The van der Waals surface area contributed by atoms with E-state index in [9.17, 15) is 0 Å². The average Bonchev–Trinajstić information content (AvgIpc) is 2.29. The van der Waals surface area contributed by atoms with E-state index in [0.717, 1.165) is 0 Å². The molecular formula is C10H22N2. The molecule has 0 amide bonds. The van der Waals surface area contributed by atoms with Gasteiger partial charge in [-0.1, -0.05) is 0 Å². The lowest BCUT2D eigenvalue weighted by molar-refractivity contribution is 0.123. The summed E-state index contributed by atoms with van der Waals surface area (Å²) < 4.78 is 0. The lowest BCUT2D eigenvalue weighted by Crippen LogP contribution is -2.47. The van der Waals surface area contributed by atoms with Gasteiger partial charge in [-0.25, -0.2) is 0 Å². The molecule has 2 heteroatoms. The highest BCUT2D eigenvalue weighted by Crippen LogP contribution is 2.25. The molecule has 0 saturated carbocycles. The van der Waals surface area contributed by atoms with E-state index in [1.54, 1.807) is 0 Å². The van der Waals surface area contributed by atoms with Crippen LogP contribution in [0.4, 0.5) is 0 Å². The molecule has 2 nitrogen and oxygen atoms in total. The average molecular weight is 170 g/mol. The van der Waals surface area contributed by atoms with E-state index in [1.165, 1.54) is 13.0 Å². The molecular weight excluding hydrogens is 148 g/mol. The van der Waals surface area contributed by atoms with Gasteiger partial charge in [-0.15, -0.1) is 0 Å². The first-order valence-electron chi connectivity index (χ1n) is 4.91. The van der Waals surface area contributed by atoms with Gasteiger partial charge in [0.15, 0.2) is 0 Å². The molecule has 0 aromatic carbocycles. The first kappa shape index (κ1) is 10.0. The van der Waals surface area contributed by atoms with Gasteiger partial charge in [-0.2, -0.15) is 0 Å². The zero-order valence-electron chi connectivity index (χ0n) is 9.02. The number of rotatable bonds is 1. The topological polar surface area (TPSA) is 15.3 Å². The van der Waals surface area contributed by atoms with E-state index in [1.807, 2.05) is 0 Å². The van der Waals surface area contributed by atoms with Crippen molar-refractivity contribution in [1.29, 1.82) is 0 Å². The summed E-state index contributed by atoms with van der Waals surface area (Å²) in [4.78, 5) is 2.58. The first-order chi connectivity index (χ1) is 5.46. The van der Waals surface area contributed by atoms with Crippen molar-refractivity contribution in [2.45, 2.75) is 51.7 Å². The van der Waals surface area contributed by atoms with Gasteiger partial charge in [0.05, 0.1) is 0 Å². The van der Waals surface area contributed by atoms with Crippen molar-refractivity contribution >= 4 is 0 Å². The maximum Gasteiger partial charge on any atom is 0.0230 e. The molecule has 72 valence electrons. The minimum atomic E-state index is 0.324. The molecule has 1 rings (SSSR count). The fraction of sp³-hybridized carbons (Fsp3) is 1.00. The predicted molar refractivity (Wildman–Crippen MR) is 53.4 cm³/mol. The van der Waals surface area contributed by atoms with Crippen LogP contribution in [-0.2, 0) is 0 Å². The fourth-order valence-electron chi connectivity index (χ4n) is 2.27. The van der Waals surface area contributed by atoms with E-state index in [-0.39, 0.29) is 0 Å². The van der Waals surface area contributed by atoms with E-state index >= 15 is 0 Å². The molecule has 0 radical (unpaired) electrons. The highest BCUT2D eigenvalue weighted by molar-refractivity contribution is 4.93. The molecule has 1 unspecified atom stereocenters. The molecule has 2 atom stereocenters. The summed E-state index contributed by atoms with van der Waals surface area (Å²) in [5.74, 6) is 0. The second-order valence-electron chi connectivity index (χ2n) is 4.79. The summed E-state index contributed by atoms with van der Waals surface area (Å²) in [5.41, 5.74) is 0.324. The first-order valence-corrected chi connectivity index (χ1v) is 4.91. The highest BCUT2D eigenvalue weighted by Gasteiger charge is 2.35.